The first kappa shape index (κ1) is 14.1. The maximum atomic E-state index is 11.8. The topological polar surface area (TPSA) is 74.2 Å². The zero-order chi connectivity index (χ0) is 14.8. The summed E-state index contributed by atoms with van der Waals surface area (Å²) in [6.07, 6.45) is 5.95. The molecule has 1 unspecified atom stereocenters. The third-order valence-electron chi connectivity index (χ3n) is 3.35. The van der Waals surface area contributed by atoms with Crippen LogP contribution >= 0.6 is 0 Å². The molecular formula is C14H15N3O3S. The van der Waals surface area contributed by atoms with Crippen molar-refractivity contribution in [2.45, 2.75) is 11.4 Å². The summed E-state index contributed by atoms with van der Waals surface area (Å²) in [5.74, 6) is 0.538. The van der Waals surface area contributed by atoms with E-state index in [2.05, 4.69) is 15.2 Å². The molecule has 1 aliphatic heterocycles. The largest absolute Gasteiger partial charge is 0.481 e. The molecule has 2 aromatic rings. The van der Waals surface area contributed by atoms with Crippen LogP contribution in [0.1, 0.15) is 12.0 Å². The smallest absolute Gasteiger partial charge is 0.221 e. The fourth-order valence-corrected chi connectivity index (χ4v) is 2.97. The average Bonchev–Trinajstić information content (AvgIpc) is 2.53. The van der Waals surface area contributed by atoms with Crippen LogP contribution in [0.15, 0.2) is 23.4 Å². The molecular weight excluding hydrogens is 290 g/mol. The highest BCUT2D eigenvalue weighted by Crippen LogP contribution is 2.32. The van der Waals surface area contributed by atoms with Gasteiger partial charge in [-0.3, -0.25) is 4.21 Å². The Morgan fingerprint density at radius 1 is 1.43 bits per heavy atom. The van der Waals surface area contributed by atoms with Gasteiger partial charge in [-0.2, -0.15) is 5.10 Å². The molecule has 6 nitrogen and oxygen atoms in total. The van der Waals surface area contributed by atoms with Crippen molar-refractivity contribution in [2.24, 2.45) is 0 Å². The summed E-state index contributed by atoms with van der Waals surface area (Å²) in [6.45, 7) is 1.26. The van der Waals surface area contributed by atoms with Crippen LogP contribution in [0.3, 0.4) is 0 Å². The summed E-state index contributed by atoms with van der Waals surface area (Å²) in [7, 11) is 0.364. The van der Waals surface area contributed by atoms with Gasteiger partial charge in [0.05, 0.1) is 42.8 Å². The minimum Gasteiger partial charge on any atom is -0.481 e. The molecule has 0 bridgehead atoms. The Morgan fingerprint density at radius 3 is 2.95 bits per heavy atom. The Kier molecular flexibility index (Phi) is 3.94. The van der Waals surface area contributed by atoms with Gasteiger partial charge in [0, 0.05) is 17.2 Å². The van der Waals surface area contributed by atoms with E-state index in [0.29, 0.717) is 29.6 Å². The second-order valence-corrected chi connectivity index (χ2v) is 5.93. The van der Waals surface area contributed by atoms with Gasteiger partial charge in [-0.05, 0) is 18.1 Å². The van der Waals surface area contributed by atoms with Crippen LogP contribution in [0.25, 0.3) is 16.5 Å². The standard InChI is InChI=1S/C14H15N3O3S/c1-19-13-10(9-3-5-20-6-4-9)7-11-12(16-13)8-15-17-14(11)21(2)18/h3,7-8H,4-6H2,1-2H3. The van der Waals surface area contributed by atoms with E-state index < -0.39 is 10.8 Å². The number of ether oxygens (including phenoxy) is 2. The first-order chi connectivity index (χ1) is 10.2. The summed E-state index contributed by atoms with van der Waals surface area (Å²) < 4.78 is 22.5. The first-order valence-corrected chi connectivity index (χ1v) is 8.07. The van der Waals surface area contributed by atoms with E-state index in [1.54, 1.807) is 19.6 Å². The molecule has 0 N–H and O–H groups in total. The number of methoxy groups -OCH3 is 1. The lowest BCUT2D eigenvalue weighted by Gasteiger charge is -2.16. The number of fused-ring (bicyclic) bond motifs is 1. The van der Waals surface area contributed by atoms with E-state index in [9.17, 15) is 4.21 Å². The molecule has 0 spiro atoms. The van der Waals surface area contributed by atoms with Gasteiger partial charge in [-0.25, -0.2) is 4.98 Å². The van der Waals surface area contributed by atoms with Crippen molar-refractivity contribution >= 4 is 27.3 Å². The third kappa shape index (κ3) is 2.66. The van der Waals surface area contributed by atoms with Crippen LogP contribution in [0.2, 0.25) is 0 Å². The highest BCUT2D eigenvalue weighted by molar-refractivity contribution is 7.84. The van der Waals surface area contributed by atoms with Crippen molar-refractivity contribution in [3.8, 4) is 5.88 Å². The van der Waals surface area contributed by atoms with E-state index in [1.807, 2.05) is 12.1 Å². The molecule has 0 fully saturated rings. The summed E-state index contributed by atoms with van der Waals surface area (Å²) in [5.41, 5.74) is 2.65. The van der Waals surface area contributed by atoms with Crippen molar-refractivity contribution in [1.82, 2.24) is 15.2 Å². The van der Waals surface area contributed by atoms with Crippen molar-refractivity contribution in [1.29, 1.82) is 0 Å². The molecule has 110 valence electrons. The maximum Gasteiger partial charge on any atom is 0.221 e. The van der Waals surface area contributed by atoms with Crippen LogP contribution in [-0.4, -0.2) is 46.0 Å². The molecule has 3 rings (SSSR count). The van der Waals surface area contributed by atoms with E-state index in [-0.39, 0.29) is 0 Å². The molecule has 0 aromatic carbocycles. The average molecular weight is 305 g/mol. The maximum absolute atomic E-state index is 11.8. The molecule has 0 radical (unpaired) electrons. The van der Waals surface area contributed by atoms with Gasteiger partial charge in [-0.1, -0.05) is 6.08 Å². The third-order valence-corrected chi connectivity index (χ3v) is 4.20. The van der Waals surface area contributed by atoms with E-state index in [4.69, 9.17) is 9.47 Å². The first-order valence-electron chi connectivity index (χ1n) is 6.51. The van der Waals surface area contributed by atoms with Gasteiger partial charge >= 0.3 is 0 Å². The monoisotopic (exact) mass is 305 g/mol. The molecule has 1 aliphatic rings. The van der Waals surface area contributed by atoms with Gasteiger partial charge in [0.2, 0.25) is 5.88 Å². The van der Waals surface area contributed by atoms with Crippen molar-refractivity contribution in [3.63, 3.8) is 0 Å². The van der Waals surface area contributed by atoms with Crippen molar-refractivity contribution in [2.75, 3.05) is 26.6 Å². The lowest BCUT2D eigenvalue weighted by atomic mass is 10.0. The molecule has 0 saturated carbocycles. The summed E-state index contributed by atoms with van der Waals surface area (Å²) >= 11 is 0. The van der Waals surface area contributed by atoms with Gasteiger partial charge in [0.25, 0.3) is 0 Å². The minimum atomic E-state index is -1.22. The van der Waals surface area contributed by atoms with Crippen molar-refractivity contribution < 1.29 is 13.7 Å². The van der Waals surface area contributed by atoms with Gasteiger partial charge in [-0.15, -0.1) is 5.10 Å². The number of hydrogen-bond acceptors (Lipinski definition) is 6. The Labute approximate surface area is 124 Å². The Balaban J connectivity index is 2.25. The molecule has 3 heterocycles. The summed E-state index contributed by atoms with van der Waals surface area (Å²) in [5, 5.41) is 9.01. The Bertz CT molecular complexity index is 746. The number of rotatable bonds is 3. The summed E-state index contributed by atoms with van der Waals surface area (Å²) in [4.78, 5) is 4.47. The number of hydrogen-bond donors (Lipinski definition) is 0. The molecule has 0 amide bonds. The summed E-state index contributed by atoms with van der Waals surface area (Å²) in [6, 6.07) is 1.93. The van der Waals surface area contributed by atoms with Gasteiger partial charge in [0.15, 0.2) is 5.03 Å². The molecule has 21 heavy (non-hydrogen) atoms. The number of aromatic nitrogens is 3. The Morgan fingerprint density at radius 2 is 2.29 bits per heavy atom. The highest BCUT2D eigenvalue weighted by atomic mass is 32.2. The van der Waals surface area contributed by atoms with Gasteiger partial charge < -0.3 is 9.47 Å². The normalized spacial score (nSPS) is 16.6. The van der Waals surface area contributed by atoms with Crippen molar-refractivity contribution in [3.05, 3.63) is 23.9 Å². The van der Waals surface area contributed by atoms with E-state index in [0.717, 1.165) is 22.9 Å². The lowest BCUT2D eigenvalue weighted by molar-refractivity contribution is 0.161. The van der Waals surface area contributed by atoms with E-state index >= 15 is 0 Å². The highest BCUT2D eigenvalue weighted by Gasteiger charge is 2.17. The Hall–Kier alpha value is -1.86. The fraction of sp³-hybridized carbons (Fsp3) is 0.357. The van der Waals surface area contributed by atoms with E-state index in [1.165, 1.54) is 0 Å². The van der Waals surface area contributed by atoms with Crippen LogP contribution in [-0.2, 0) is 15.5 Å². The van der Waals surface area contributed by atoms with Crippen LogP contribution in [0.5, 0.6) is 5.88 Å². The zero-order valence-electron chi connectivity index (χ0n) is 11.8. The zero-order valence-corrected chi connectivity index (χ0v) is 12.6. The SMILES string of the molecule is COc1nc2cnnc(S(C)=O)c2cc1C1=CCOCC1. The number of pyridine rings is 1. The number of nitrogens with zero attached hydrogens (tertiary/aromatic N) is 3. The van der Waals surface area contributed by atoms with Crippen LogP contribution in [0, 0.1) is 0 Å². The molecule has 0 saturated heterocycles. The fourth-order valence-electron chi connectivity index (χ4n) is 2.34. The van der Waals surface area contributed by atoms with Crippen LogP contribution < -0.4 is 4.74 Å². The lowest BCUT2D eigenvalue weighted by Crippen LogP contribution is -2.06. The predicted molar refractivity (Wildman–Crippen MR) is 79.6 cm³/mol. The van der Waals surface area contributed by atoms with Gasteiger partial charge in [0.1, 0.15) is 0 Å². The molecule has 1 atom stereocenters. The second-order valence-electron chi connectivity index (χ2n) is 4.64. The quantitative estimate of drug-likeness (QED) is 0.857. The molecule has 0 aliphatic carbocycles. The van der Waals surface area contributed by atoms with Crippen LogP contribution in [0.4, 0.5) is 0 Å². The minimum absolute atomic E-state index is 0.441. The predicted octanol–water partition coefficient (Wildman–Crippen LogP) is 1.57. The molecule has 7 heteroatoms. The second kappa shape index (κ2) is 5.87. The molecule has 2 aromatic heterocycles.